The lowest BCUT2D eigenvalue weighted by molar-refractivity contribution is 0.646. The number of allylic oxidation sites excluding steroid dienone is 2. The minimum Gasteiger partial charge on any atom is -0.336 e. The molecular formula is C16H20N2. The van der Waals surface area contributed by atoms with Crippen molar-refractivity contribution in [3.05, 3.63) is 54.3 Å². The van der Waals surface area contributed by atoms with Crippen molar-refractivity contribution in [2.45, 2.75) is 26.3 Å². The standard InChI is InChI=1S/C16H20N2/c1-13(2)11-14-7-3-4-9-16(14)18-10-6-5-8-15(18)12-17/h3-10,12-13,15,17H,11H2,1-2H3. The van der Waals surface area contributed by atoms with Gasteiger partial charge in [0.1, 0.15) is 0 Å². The zero-order chi connectivity index (χ0) is 13.0. The SMILES string of the molecule is CC(C)Cc1ccccc1N1C=CC=CC1C=N. The molecule has 2 nitrogen and oxygen atoms in total. The van der Waals surface area contributed by atoms with Gasteiger partial charge in [0.2, 0.25) is 0 Å². The summed E-state index contributed by atoms with van der Waals surface area (Å²) >= 11 is 0. The quantitative estimate of drug-likeness (QED) is 0.796. The molecule has 2 heteroatoms. The van der Waals surface area contributed by atoms with Gasteiger partial charge in [0.25, 0.3) is 0 Å². The summed E-state index contributed by atoms with van der Waals surface area (Å²) in [6, 6.07) is 8.50. The van der Waals surface area contributed by atoms with Gasteiger partial charge < -0.3 is 10.3 Å². The number of hydrogen-bond donors (Lipinski definition) is 1. The third-order valence-corrected chi connectivity index (χ3v) is 3.06. The van der Waals surface area contributed by atoms with Gasteiger partial charge in [-0.15, -0.1) is 0 Å². The zero-order valence-corrected chi connectivity index (χ0v) is 11.0. The van der Waals surface area contributed by atoms with Crippen molar-refractivity contribution in [2.75, 3.05) is 4.90 Å². The van der Waals surface area contributed by atoms with Gasteiger partial charge in [0.05, 0.1) is 6.04 Å². The van der Waals surface area contributed by atoms with E-state index in [9.17, 15) is 0 Å². The number of benzene rings is 1. The summed E-state index contributed by atoms with van der Waals surface area (Å²) in [5.41, 5.74) is 2.56. The first-order valence-corrected chi connectivity index (χ1v) is 6.44. The Morgan fingerprint density at radius 1 is 1.28 bits per heavy atom. The molecule has 0 aliphatic carbocycles. The van der Waals surface area contributed by atoms with Crippen LogP contribution in [0.3, 0.4) is 0 Å². The molecule has 0 aromatic heterocycles. The molecule has 1 atom stereocenters. The molecule has 1 aliphatic heterocycles. The van der Waals surface area contributed by atoms with Crippen molar-refractivity contribution in [2.24, 2.45) is 5.92 Å². The van der Waals surface area contributed by atoms with Gasteiger partial charge in [0, 0.05) is 18.1 Å². The van der Waals surface area contributed by atoms with E-state index >= 15 is 0 Å². The molecule has 1 aliphatic rings. The van der Waals surface area contributed by atoms with E-state index in [1.54, 1.807) is 0 Å². The molecule has 1 N–H and O–H groups in total. The lowest BCUT2D eigenvalue weighted by atomic mass is 9.99. The molecule has 0 radical (unpaired) electrons. The largest absolute Gasteiger partial charge is 0.336 e. The monoisotopic (exact) mass is 240 g/mol. The Morgan fingerprint density at radius 2 is 2.06 bits per heavy atom. The summed E-state index contributed by atoms with van der Waals surface area (Å²) in [6.45, 7) is 4.47. The van der Waals surface area contributed by atoms with Crippen LogP contribution in [0.15, 0.2) is 48.7 Å². The van der Waals surface area contributed by atoms with Crippen LogP contribution in [0.2, 0.25) is 0 Å². The molecule has 2 rings (SSSR count). The Morgan fingerprint density at radius 3 is 2.78 bits per heavy atom. The molecular weight excluding hydrogens is 220 g/mol. The normalized spacial score (nSPS) is 18.4. The highest BCUT2D eigenvalue weighted by Gasteiger charge is 2.16. The fourth-order valence-electron chi connectivity index (χ4n) is 2.26. The second-order valence-electron chi connectivity index (χ2n) is 5.02. The summed E-state index contributed by atoms with van der Waals surface area (Å²) in [4.78, 5) is 2.16. The molecule has 1 aromatic carbocycles. The molecule has 1 aromatic rings. The summed E-state index contributed by atoms with van der Waals surface area (Å²) in [5, 5.41) is 7.54. The number of hydrogen-bond acceptors (Lipinski definition) is 2. The van der Waals surface area contributed by atoms with Gasteiger partial charge in [-0.25, -0.2) is 0 Å². The van der Waals surface area contributed by atoms with E-state index in [1.807, 2.05) is 18.2 Å². The van der Waals surface area contributed by atoms with E-state index < -0.39 is 0 Å². The van der Waals surface area contributed by atoms with Gasteiger partial charge in [-0.05, 0) is 30.0 Å². The molecule has 0 amide bonds. The van der Waals surface area contributed by atoms with Crippen LogP contribution >= 0.6 is 0 Å². The van der Waals surface area contributed by atoms with Crippen LogP contribution in [-0.4, -0.2) is 12.3 Å². The zero-order valence-electron chi connectivity index (χ0n) is 11.0. The van der Waals surface area contributed by atoms with E-state index in [4.69, 9.17) is 5.41 Å². The average Bonchev–Trinajstić information content (AvgIpc) is 2.39. The average molecular weight is 240 g/mol. The van der Waals surface area contributed by atoms with Gasteiger partial charge in [-0.1, -0.05) is 44.2 Å². The highest BCUT2D eigenvalue weighted by atomic mass is 15.1. The Hall–Kier alpha value is -1.83. The first kappa shape index (κ1) is 12.6. The molecule has 0 bridgehead atoms. The van der Waals surface area contributed by atoms with Crippen molar-refractivity contribution in [1.29, 1.82) is 5.41 Å². The van der Waals surface area contributed by atoms with Gasteiger partial charge in [-0.3, -0.25) is 0 Å². The van der Waals surface area contributed by atoms with E-state index in [-0.39, 0.29) is 6.04 Å². The molecule has 18 heavy (non-hydrogen) atoms. The van der Waals surface area contributed by atoms with Crippen molar-refractivity contribution in [3.8, 4) is 0 Å². The topological polar surface area (TPSA) is 27.1 Å². The van der Waals surface area contributed by atoms with Crippen molar-refractivity contribution < 1.29 is 0 Å². The third-order valence-electron chi connectivity index (χ3n) is 3.06. The van der Waals surface area contributed by atoms with E-state index in [0.717, 1.165) is 6.42 Å². The number of nitrogens with zero attached hydrogens (tertiary/aromatic N) is 1. The highest BCUT2D eigenvalue weighted by Crippen LogP contribution is 2.26. The van der Waals surface area contributed by atoms with Gasteiger partial charge in [0.15, 0.2) is 0 Å². The van der Waals surface area contributed by atoms with Crippen LogP contribution in [0.5, 0.6) is 0 Å². The maximum Gasteiger partial charge on any atom is 0.0867 e. The maximum atomic E-state index is 7.54. The Balaban J connectivity index is 2.34. The molecule has 1 unspecified atom stereocenters. The van der Waals surface area contributed by atoms with Gasteiger partial charge >= 0.3 is 0 Å². The first-order chi connectivity index (χ1) is 8.72. The molecule has 0 spiro atoms. The molecule has 0 saturated carbocycles. The summed E-state index contributed by atoms with van der Waals surface area (Å²) in [6.07, 6.45) is 10.7. The Bertz CT molecular complexity index is 472. The van der Waals surface area contributed by atoms with Crippen LogP contribution in [0.1, 0.15) is 19.4 Å². The minimum atomic E-state index is 0.0308. The van der Waals surface area contributed by atoms with E-state index in [0.29, 0.717) is 5.92 Å². The van der Waals surface area contributed by atoms with Gasteiger partial charge in [-0.2, -0.15) is 0 Å². The minimum absolute atomic E-state index is 0.0308. The lowest BCUT2D eigenvalue weighted by Crippen LogP contribution is -2.32. The molecule has 94 valence electrons. The first-order valence-electron chi connectivity index (χ1n) is 6.44. The molecule has 1 heterocycles. The van der Waals surface area contributed by atoms with Crippen LogP contribution in [0.4, 0.5) is 5.69 Å². The Kier molecular flexibility index (Phi) is 3.98. The van der Waals surface area contributed by atoms with Crippen LogP contribution < -0.4 is 4.90 Å². The molecule has 0 saturated heterocycles. The van der Waals surface area contributed by atoms with Crippen molar-refractivity contribution >= 4 is 11.9 Å². The van der Waals surface area contributed by atoms with Crippen molar-refractivity contribution in [1.82, 2.24) is 0 Å². The fourth-order valence-corrected chi connectivity index (χ4v) is 2.26. The van der Waals surface area contributed by atoms with Crippen LogP contribution in [0, 0.1) is 11.3 Å². The molecule has 0 fully saturated rings. The van der Waals surface area contributed by atoms with Crippen LogP contribution in [0.25, 0.3) is 0 Å². The fraction of sp³-hybridized carbons (Fsp3) is 0.312. The van der Waals surface area contributed by atoms with E-state index in [1.165, 1.54) is 17.5 Å². The highest BCUT2D eigenvalue weighted by molar-refractivity contribution is 5.74. The summed E-state index contributed by atoms with van der Waals surface area (Å²) < 4.78 is 0. The smallest absolute Gasteiger partial charge is 0.0867 e. The van der Waals surface area contributed by atoms with Crippen LogP contribution in [-0.2, 0) is 6.42 Å². The predicted octanol–water partition coefficient (Wildman–Crippen LogP) is 3.79. The summed E-state index contributed by atoms with van der Waals surface area (Å²) in [5.74, 6) is 0.633. The number of anilines is 1. The predicted molar refractivity (Wildman–Crippen MR) is 78.3 cm³/mol. The second-order valence-corrected chi connectivity index (χ2v) is 5.02. The Labute approximate surface area is 109 Å². The number of para-hydroxylation sites is 1. The number of nitrogens with one attached hydrogen (secondary N) is 1. The summed E-state index contributed by atoms with van der Waals surface area (Å²) in [7, 11) is 0. The van der Waals surface area contributed by atoms with Crippen molar-refractivity contribution in [3.63, 3.8) is 0 Å². The second kappa shape index (κ2) is 5.67. The van der Waals surface area contributed by atoms with E-state index in [2.05, 4.69) is 49.2 Å². The third kappa shape index (κ3) is 2.70. The lowest BCUT2D eigenvalue weighted by Gasteiger charge is -2.29. The number of rotatable bonds is 4. The maximum absolute atomic E-state index is 7.54.